The van der Waals surface area contributed by atoms with Gasteiger partial charge in [0, 0.05) is 18.2 Å². The van der Waals surface area contributed by atoms with Crippen molar-refractivity contribution in [3.8, 4) is 0 Å². The second-order valence-corrected chi connectivity index (χ2v) is 6.73. The van der Waals surface area contributed by atoms with E-state index in [-0.39, 0.29) is 5.78 Å². The highest BCUT2D eigenvalue weighted by Crippen LogP contribution is 2.37. The first-order valence-corrected chi connectivity index (χ1v) is 9.49. The van der Waals surface area contributed by atoms with Gasteiger partial charge in [-0.05, 0) is 48.2 Å². The van der Waals surface area contributed by atoms with Crippen LogP contribution in [0.2, 0.25) is 0 Å². The minimum atomic E-state index is -0.450. The molecule has 2 N–H and O–H groups in total. The lowest BCUT2D eigenvalue weighted by Gasteiger charge is -2.14. The van der Waals surface area contributed by atoms with Gasteiger partial charge in [-0.2, -0.15) is 0 Å². The Hall–Kier alpha value is -2.56. The molecule has 0 saturated carbocycles. The zero-order valence-corrected chi connectivity index (χ0v) is 15.7. The number of carbonyl (C=O) groups excluding carboxylic acids is 1. The van der Waals surface area contributed by atoms with Crippen LogP contribution in [0.3, 0.4) is 0 Å². The molecule has 1 heterocycles. The van der Waals surface area contributed by atoms with E-state index in [1.165, 1.54) is 22.9 Å². The van der Waals surface area contributed by atoms with Gasteiger partial charge in [-0.3, -0.25) is 9.79 Å². The minimum absolute atomic E-state index is 0.288. The van der Waals surface area contributed by atoms with Crippen LogP contribution in [0, 0.1) is 0 Å². The van der Waals surface area contributed by atoms with Crippen molar-refractivity contribution in [2.24, 2.45) is 4.99 Å². The van der Waals surface area contributed by atoms with Crippen LogP contribution in [0.5, 0.6) is 0 Å². The van der Waals surface area contributed by atoms with Gasteiger partial charge < -0.3 is 10.4 Å². The first kappa shape index (κ1) is 19.2. The van der Waals surface area contributed by atoms with Gasteiger partial charge in [0.1, 0.15) is 6.61 Å². The number of aliphatic imine (C=N–C) groups is 1. The topological polar surface area (TPSA) is 61.7 Å². The van der Waals surface area contributed by atoms with Crippen LogP contribution >= 0.6 is 0 Å². The molecule has 0 spiro atoms. The molecule has 0 aromatic heterocycles. The molecular weight excluding hydrogens is 336 g/mol. The monoisotopic (exact) mass is 362 g/mol. The van der Waals surface area contributed by atoms with Gasteiger partial charge in [0.25, 0.3) is 0 Å². The standard InChI is InChI=1S/C23H26N2O2/c1-2-22-21(20-5-3-4-6-23(20)25-22)13-14-24-15-18-9-7-17(8-10-18)11-12-19(27)16-26/h3-12,21,24,26H,2,13-16H2,1H3/b12-11+. The van der Waals surface area contributed by atoms with Gasteiger partial charge in [-0.25, -0.2) is 0 Å². The maximum Gasteiger partial charge on any atom is 0.181 e. The number of aliphatic hydroxyl groups excluding tert-OH is 1. The average Bonchev–Trinajstić information content (AvgIpc) is 3.08. The molecule has 1 atom stereocenters. The van der Waals surface area contributed by atoms with E-state index in [0.29, 0.717) is 5.92 Å². The minimum Gasteiger partial charge on any atom is -0.388 e. The number of rotatable bonds is 9. The molecule has 4 heteroatoms. The fraction of sp³-hybridized carbons (Fsp3) is 0.304. The summed E-state index contributed by atoms with van der Waals surface area (Å²) in [6, 6.07) is 16.5. The van der Waals surface area contributed by atoms with Gasteiger partial charge in [0.15, 0.2) is 5.78 Å². The molecule has 1 aliphatic heterocycles. The van der Waals surface area contributed by atoms with E-state index < -0.39 is 6.61 Å². The van der Waals surface area contributed by atoms with Crippen molar-refractivity contribution in [2.75, 3.05) is 13.2 Å². The smallest absolute Gasteiger partial charge is 0.181 e. The SMILES string of the molecule is CCC1=Nc2ccccc2C1CCNCc1ccc(/C=C/C(=O)CO)cc1. The average molecular weight is 362 g/mol. The Bertz CT molecular complexity index is 838. The van der Waals surface area contributed by atoms with Gasteiger partial charge in [0.05, 0.1) is 5.69 Å². The highest BCUT2D eigenvalue weighted by molar-refractivity contribution is 5.97. The fourth-order valence-electron chi connectivity index (χ4n) is 3.41. The molecule has 1 aliphatic rings. The van der Waals surface area contributed by atoms with Crippen molar-refractivity contribution in [2.45, 2.75) is 32.2 Å². The Morgan fingerprint density at radius 1 is 1.19 bits per heavy atom. The molecule has 1 unspecified atom stereocenters. The van der Waals surface area contributed by atoms with E-state index in [4.69, 9.17) is 10.1 Å². The quantitative estimate of drug-likeness (QED) is 0.523. The molecule has 0 aliphatic carbocycles. The lowest BCUT2D eigenvalue weighted by atomic mass is 9.91. The van der Waals surface area contributed by atoms with Crippen LogP contribution in [0.1, 0.15) is 42.4 Å². The van der Waals surface area contributed by atoms with Crippen LogP contribution in [0.4, 0.5) is 5.69 Å². The van der Waals surface area contributed by atoms with E-state index in [0.717, 1.165) is 37.2 Å². The van der Waals surface area contributed by atoms with Gasteiger partial charge >= 0.3 is 0 Å². The maximum absolute atomic E-state index is 11.1. The number of aliphatic hydroxyl groups is 1. The summed E-state index contributed by atoms with van der Waals surface area (Å²) in [7, 11) is 0. The van der Waals surface area contributed by atoms with E-state index in [1.54, 1.807) is 6.08 Å². The molecular formula is C23H26N2O2. The third kappa shape index (κ3) is 5.00. The molecule has 0 saturated heterocycles. The molecule has 0 fully saturated rings. The lowest BCUT2D eigenvalue weighted by Crippen LogP contribution is -2.19. The number of hydrogen-bond donors (Lipinski definition) is 2. The molecule has 3 rings (SSSR count). The van der Waals surface area contributed by atoms with Gasteiger partial charge in [-0.1, -0.05) is 55.5 Å². The Balaban J connectivity index is 1.48. The number of ketones is 1. The molecule has 2 aromatic carbocycles. The summed E-state index contributed by atoms with van der Waals surface area (Å²) in [5, 5.41) is 12.2. The number of hydrogen-bond acceptors (Lipinski definition) is 4. The molecule has 0 amide bonds. The highest BCUT2D eigenvalue weighted by Gasteiger charge is 2.24. The van der Waals surface area contributed by atoms with E-state index >= 15 is 0 Å². The van der Waals surface area contributed by atoms with Crippen LogP contribution in [-0.4, -0.2) is 29.8 Å². The van der Waals surface area contributed by atoms with Crippen molar-refractivity contribution in [3.05, 3.63) is 71.3 Å². The summed E-state index contributed by atoms with van der Waals surface area (Å²) >= 11 is 0. The summed E-state index contributed by atoms with van der Waals surface area (Å²) in [4.78, 5) is 15.9. The Labute approximate surface area is 160 Å². The highest BCUT2D eigenvalue weighted by atomic mass is 16.3. The summed E-state index contributed by atoms with van der Waals surface area (Å²) < 4.78 is 0. The van der Waals surface area contributed by atoms with Crippen molar-refractivity contribution in [1.29, 1.82) is 0 Å². The normalized spacial score (nSPS) is 15.8. The van der Waals surface area contributed by atoms with E-state index in [1.807, 2.05) is 12.1 Å². The second kappa shape index (κ2) is 9.40. The lowest BCUT2D eigenvalue weighted by molar-refractivity contribution is -0.117. The molecule has 27 heavy (non-hydrogen) atoms. The summed E-state index contributed by atoms with van der Waals surface area (Å²) in [6.45, 7) is 3.47. The molecule has 2 aromatic rings. The van der Waals surface area contributed by atoms with Crippen LogP contribution < -0.4 is 5.32 Å². The number of nitrogens with zero attached hydrogens (tertiary/aromatic N) is 1. The van der Waals surface area contributed by atoms with Crippen molar-refractivity contribution >= 4 is 23.3 Å². The number of carbonyl (C=O) groups is 1. The second-order valence-electron chi connectivity index (χ2n) is 6.73. The van der Waals surface area contributed by atoms with Crippen molar-refractivity contribution < 1.29 is 9.90 Å². The van der Waals surface area contributed by atoms with Crippen LogP contribution in [0.25, 0.3) is 6.08 Å². The van der Waals surface area contributed by atoms with E-state index in [9.17, 15) is 4.79 Å². The Morgan fingerprint density at radius 2 is 1.96 bits per heavy atom. The molecule has 0 bridgehead atoms. The first-order valence-electron chi connectivity index (χ1n) is 9.49. The molecule has 140 valence electrons. The van der Waals surface area contributed by atoms with Gasteiger partial charge in [-0.15, -0.1) is 0 Å². The third-order valence-corrected chi connectivity index (χ3v) is 4.88. The van der Waals surface area contributed by atoms with Crippen LogP contribution in [-0.2, 0) is 11.3 Å². The predicted molar refractivity (Wildman–Crippen MR) is 110 cm³/mol. The third-order valence-electron chi connectivity index (χ3n) is 4.88. The van der Waals surface area contributed by atoms with Crippen molar-refractivity contribution in [1.82, 2.24) is 5.32 Å². The largest absolute Gasteiger partial charge is 0.388 e. The zero-order valence-electron chi connectivity index (χ0n) is 15.7. The number of para-hydroxylation sites is 1. The Kier molecular flexibility index (Phi) is 6.69. The fourth-order valence-corrected chi connectivity index (χ4v) is 3.41. The zero-order chi connectivity index (χ0) is 19.1. The molecule has 0 radical (unpaired) electrons. The predicted octanol–water partition coefficient (Wildman–Crippen LogP) is 4.02. The summed E-state index contributed by atoms with van der Waals surface area (Å²) in [5.74, 6) is 0.138. The maximum atomic E-state index is 11.1. The first-order chi connectivity index (χ1) is 13.2. The molecule has 4 nitrogen and oxygen atoms in total. The number of nitrogens with one attached hydrogen (secondary N) is 1. The summed E-state index contributed by atoms with van der Waals surface area (Å²) in [5.41, 5.74) is 5.92. The number of benzene rings is 2. The van der Waals surface area contributed by atoms with Crippen LogP contribution in [0.15, 0.2) is 59.6 Å². The number of fused-ring (bicyclic) bond motifs is 1. The van der Waals surface area contributed by atoms with Gasteiger partial charge in [0.2, 0.25) is 0 Å². The Morgan fingerprint density at radius 3 is 2.70 bits per heavy atom. The van der Waals surface area contributed by atoms with Crippen molar-refractivity contribution in [3.63, 3.8) is 0 Å². The summed E-state index contributed by atoms with van der Waals surface area (Å²) in [6.07, 6.45) is 5.17. The van der Waals surface area contributed by atoms with E-state index in [2.05, 4.69) is 48.6 Å².